The zero-order chi connectivity index (χ0) is 16.3. The van der Waals surface area contributed by atoms with Crippen LogP contribution in [-0.2, 0) is 12.0 Å². The molecule has 0 aliphatic rings. The Kier molecular flexibility index (Phi) is 4.20. The molecule has 1 heterocycles. The zero-order valence-corrected chi connectivity index (χ0v) is 13.9. The minimum absolute atomic E-state index is 0.168. The van der Waals surface area contributed by atoms with Crippen LogP contribution in [0.2, 0.25) is 0 Å². The summed E-state index contributed by atoms with van der Waals surface area (Å²) in [5, 5.41) is 4.22. The average molecular weight is 306 g/mol. The Hall–Kier alpha value is -2.55. The molecule has 0 unspecified atom stereocenters. The van der Waals surface area contributed by atoms with Crippen molar-refractivity contribution in [2.75, 3.05) is 0 Å². The third kappa shape index (κ3) is 3.81. The quantitative estimate of drug-likeness (QED) is 0.695. The van der Waals surface area contributed by atoms with Crippen molar-refractivity contribution >= 4 is 0 Å². The maximum Gasteiger partial charge on any atom is 0.119 e. The van der Waals surface area contributed by atoms with Gasteiger partial charge in [0.25, 0.3) is 0 Å². The van der Waals surface area contributed by atoms with E-state index in [1.807, 2.05) is 41.2 Å². The fourth-order valence-electron chi connectivity index (χ4n) is 2.38. The van der Waals surface area contributed by atoms with Gasteiger partial charge in [-0.2, -0.15) is 5.10 Å². The van der Waals surface area contributed by atoms with Crippen molar-refractivity contribution in [3.05, 3.63) is 78.1 Å². The highest BCUT2D eigenvalue weighted by atomic mass is 16.5. The molecule has 23 heavy (non-hydrogen) atoms. The summed E-state index contributed by atoms with van der Waals surface area (Å²) in [6.45, 7) is 7.20. The molecule has 0 aliphatic carbocycles. The molecular weight excluding hydrogens is 284 g/mol. The van der Waals surface area contributed by atoms with Crippen LogP contribution >= 0.6 is 0 Å². The van der Waals surface area contributed by atoms with E-state index in [1.54, 1.807) is 6.20 Å². The second-order valence-electron chi connectivity index (χ2n) is 6.68. The summed E-state index contributed by atoms with van der Waals surface area (Å²) < 4.78 is 7.71. The van der Waals surface area contributed by atoms with Crippen LogP contribution in [0.3, 0.4) is 0 Å². The number of hydrogen-bond acceptors (Lipinski definition) is 2. The van der Waals surface area contributed by atoms with Gasteiger partial charge in [-0.25, -0.2) is 4.68 Å². The first-order valence-corrected chi connectivity index (χ1v) is 7.85. The molecule has 0 N–H and O–H groups in total. The van der Waals surface area contributed by atoms with Crippen LogP contribution < -0.4 is 4.74 Å². The maximum absolute atomic E-state index is 5.87. The van der Waals surface area contributed by atoms with Gasteiger partial charge in [0.1, 0.15) is 12.4 Å². The van der Waals surface area contributed by atoms with Gasteiger partial charge >= 0.3 is 0 Å². The summed E-state index contributed by atoms with van der Waals surface area (Å²) in [5.74, 6) is 0.897. The van der Waals surface area contributed by atoms with E-state index in [0.717, 1.165) is 17.0 Å². The number of aromatic nitrogens is 2. The van der Waals surface area contributed by atoms with Gasteiger partial charge in [0.05, 0.1) is 5.69 Å². The van der Waals surface area contributed by atoms with Gasteiger partial charge in [-0.1, -0.05) is 45.0 Å². The van der Waals surface area contributed by atoms with E-state index in [2.05, 4.69) is 50.1 Å². The van der Waals surface area contributed by atoms with E-state index in [0.29, 0.717) is 6.61 Å². The molecule has 3 nitrogen and oxygen atoms in total. The number of nitrogens with zero attached hydrogens (tertiary/aromatic N) is 2. The summed E-state index contributed by atoms with van der Waals surface area (Å²) in [4.78, 5) is 0. The van der Waals surface area contributed by atoms with Crippen LogP contribution in [0.15, 0.2) is 67.0 Å². The van der Waals surface area contributed by atoms with Crippen molar-refractivity contribution in [1.82, 2.24) is 9.78 Å². The predicted octanol–water partition coefficient (Wildman–Crippen LogP) is 4.75. The van der Waals surface area contributed by atoms with E-state index < -0.39 is 0 Å². The molecule has 0 saturated carbocycles. The Morgan fingerprint density at radius 3 is 2.22 bits per heavy atom. The van der Waals surface area contributed by atoms with Crippen LogP contribution in [0, 0.1) is 0 Å². The fourth-order valence-corrected chi connectivity index (χ4v) is 2.38. The minimum atomic E-state index is 0.168. The largest absolute Gasteiger partial charge is 0.489 e. The Balaban J connectivity index is 1.62. The molecule has 0 spiro atoms. The smallest absolute Gasteiger partial charge is 0.119 e. The molecule has 0 amide bonds. The third-order valence-corrected chi connectivity index (χ3v) is 3.83. The Labute approximate surface area is 137 Å². The highest BCUT2D eigenvalue weighted by Crippen LogP contribution is 2.24. The van der Waals surface area contributed by atoms with Crippen molar-refractivity contribution in [3.63, 3.8) is 0 Å². The minimum Gasteiger partial charge on any atom is -0.489 e. The van der Waals surface area contributed by atoms with Crippen molar-refractivity contribution in [3.8, 4) is 11.4 Å². The number of ether oxygens (including phenoxy) is 1. The van der Waals surface area contributed by atoms with Crippen LogP contribution in [0.25, 0.3) is 5.69 Å². The molecule has 2 aromatic carbocycles. The molecule has 3 rings (SSSR count). The van der Waals surface area contributed by atoms with Crippen LogP contribution in [0.1, 0.15) is 31.9 Å². The summed E-state index contributed by atoms with van der Waals surface area (Å²) in [6.07, 6.45) is 3.71. The topological polar surface area (TPSA) is 27.1 Å². The predicted molar refractivity (Wildman–Crippen MR) is 93.0 cm³/mol. The van der Waals surface area contributed by atoms with Gasteiger partial charge in [-0.05, 0) is 46.9 Å². The van der Waals surface area contributed by atoms with Gasteiger partial charge in [0, 0.05) is 12.4 Å². The summed E-state index contributed by atoms with van der Waals surface area (Å²) in [6, 6.07) is 18.5. The van der Waals surface area contributed by atoms with Crippen molar-refractivity contribution in [2.24, 2.45) is 0 Å². The average Bonchev–Trinajstić information content (AvgIpc) is 3.07. The molecule has 0 aliphatic heterocycles. The van der Waals surface area contributed by atoms with Crippen LogP contribution in [0.5, 0.6) is 5.75 Å². The van der Waals surface area contributed by atoms with Crippen molar-refractivity contribution < 1.29 is 4.74 Å². The molecule has 3 heteroatoms. The molecule has 1 aromatic heterocycles. The molecule has 3 aromatic rings. The highest BCUT2D eigenvalue weighted by molar-refractivity contribution is 5.34. The molecule has 0 fully saturated rings. The lowest BCUT2D eigenvalue weighted by Gasteiger charge is -2.19. The van der Waals surface area contributed by atoms with Gasteiger partial charge in [-0.3, -0.25) is 0 Å². The van der Waals surface area contributed by atoms with E-state index in [9.17, 15) is 0 Å². The highest BCUT2D eigenvalue weighted by Gasteiger charge is 2.12. The first-order valence-electron chi connectivity index (χ1n) is 7.85. The second kappa shape index (κ2) is 6.29. The molecule has 0 saturated heterocycles. The van der Waals surface area contributed by atoms with Gasteiger partial charge in [0.2, 0.25) is 0 Å². The maximum atomic E-state index is 5.87. The summed E-state index contributed by atoms with van der Waals surface area (Å²) in [7, 11) is 0. The Morgan fingerprint density at radius 1 is 0.957 bits per heavy atom. The van der Waals surface area contributed by atoms with Gasteiger partial charge < -0.3 is 4.74 Å². The third-order valence-electron chi connectivity index (χ3n) is 3.83. The van der Waals surface area contributed by atoms with Gasteiger partial charge in [0.15, 0.2) is 0 Å². The molecule has 0 atom stereocenters. The zero-order valence-electron chi connectivity index (χ0n) is 13.9. The van der Waals surface area contributed by atoms with Gasteiger partial charge in [-0.15, -0.1) is 0 Å². The second-order valence-corrected chi connectivity index (χ2v) is 6.68. The molecule has 118 valence electrons. The number of hydrogen-bond donors (Lipinski definition) is 0. The monoisotopic (exact) mass is 306 g/mol. The lowest BCUT2D eigenvalue weighted by molar-refractivity contribution is 0.306. The summed E-state index contributed by atoms with van der Waals surface area (Å²) in [5.41, 5.74) is 3.67. The lowest BCUT2D eigenvalue weighted by Crippen LogP contribution is -2.10. The van der Waals surface area contributed by atoms with E-state index in [-0.39, 0.29) is 5.41 Å². The first-order chi connectivity index (χ1) is 11.0. The molecule has 0 radical (unpaired) electrons. The SMILES string of the molecule is CC(C)(C)c1ccc(OCc2ccc(-n3cccn3)cc2)cc1. The molecule has 0 bridgehead atoms. The van der Waals surface area contributed by atoms with E-state index in [4.69, 9.17) is 4.74 Å². The standard InChI is InChI=1S/C20H22N2O/c1-20(2,3)17-7-11-19(12-8-17)23-15-16-5-9-18(10-6-16)22-14-4-13-21-22/h4-14H,15H2,1-3H3. The van der Waals surface area contributed by atoms with Crippen molar-refractivity contribution in [2.45, 2.75) is 32.8 Å². The normalized spacial score (nSPS) is 11.4. The number of benzene rings is 2. The first kappa shape index (κ1) is 15.3. The van der Waals surface area contributed by atoms with E-state index >= 15 is 0 Å². The fraction of sp³-hybridized carbons (Fsp3) is 0.250. The molecular formula is C20H22N2O. The number of rotatable bonds is 4. The lowest BCUT2D eigenvalue weighted by atomic mass is 9.87. The van der Waals surface area contributed by atoms with Crippen LogP contribution in [0.4, 0.5) is 0 Å². The van der Waals surface area contributed by atoms with Crippen molar-refractivity contribution in [1.29, 1.82) is 0 Å². The van der Waals surface area contributed by atoms with E-state index in [1.165, 1.54) is 5.56 Å². The Morgan fingerprint density at radius 2 is 1.65 bits per heavy atom. The van der Waals surface area contributed by atoms with Crippen LogP contribution in [-0.4, -0.2) is 9.78 Å². The summed E-state index contributed by atoms with van der Waals surface area (Å²) >= 11 is 0. The Bertz CT molecular complexity index is 736.